The first kappa shape index (κ1) is 15.2. The van der Waals surface area contributed by atoms with E-state index in [0.717, 1.165) is 25.9 Å². The average Bonchev–Trinajstić information content (AvgIpc) is 2.48. The van der Waals surface area contributed by atoms with Crippen molar-refractivity contribution in [1.82, 2.24) is 5.32 Å². The molecule has 7 heteroatoms. The highest BCUT2D eigenvalue weighted by Gasteiger charge is 2.23. The van der Waals surface area contributed by atoms with Crippen molar-refractivity contribution in [2.24, 2.45) is 11.7 Å². The van der Waals surface area contributed by atoms with E-state index in [0.29, 0.717) is 11.6 Å². The van der Waals surface area contributed by atoms with Crippen LogP contribution in [0.25, 0.3) is 0 Å². The molecule has 1 amide bonds. The number of anilines is 1. The minimum atomic E-state index is -0.672. The molecule has 0 radical (unpaired) electrons. The summed E-state index contributed by atoms with van der Waals surface area (Å²) in [4.78, 5) is 21.8. The minimum Gasteiger partial charge on any atom is -0.377 e. The first-order valence-electron chi connectivity index (χ1n) is 7.04. The molecule has 0 bridgehead atoms. The third-order valence-electron chi connectivity index (χ3n) is 3.90. The summed E-state index contributed by atoms with van der Waals surface area (Å²) in [5.74, 6) is -0.247. The van der Waals surface area contributed by atoms with Crippen LogP contribution >= 0.6 is 0 Å². The normalized spacial score (nSPS) is 19.8. The maximum Gasteiger partial charge on any atom is 0.293 e. The summed E-state index contributed by atoms with van der Waals surface area (Å²) in [6.45, 7) is 3.95. The van der Waals surface area contributed by atoms with Gasteiger partial charge in [-0.25, -0.2) is 0 Å². The Balaban J connectivity index is 2.18. The van der Waals surface area contributed by atoms with E-state index >= 15 is 0 Å². The predicted molar refractivity (Wildman–Crippen MR) is 80.3 cm³/mol. The van der Waals surface area contributed by atoms with Gasteiger partial charge in [0.2, 0.25) is 5.91 Å². The number of piperidine rings is 1. The van der Waals surface area contributed by atoms with Gasteiger partial charge in [-0.05, 0) is 50.9 Å². The number of nitrogens with one attached hydrogen (secondary N) is 2. The topological polar surface area (TPSA) is 110 Å². The predicted octanol–water partition coefficient (Wildman–Crippen LogP) is 1.49. The highest BCUT2D eigenvalue weighted by molar-refractivity contribution is 5.94. The largest absolute Gasteiger partial charge is 0.377 e. The molecule has 1 aromatic rings. The Hall–Kier alpha value is -2.15. The highest BCUT2D eigenvalue weighted by Crippen LogP contribution is 2.28. The molecular weight excluding hydrogens is 272 g/mol. The van der Waals surface area contributed by atoms with Crippen LogP contribution in [0.3, 0.4) is 0 Å². The average molecular weight is 292 g/mol. The van der Waals surface area contributed by atoms with Crippen LogP contribution in [-0.4, -0.2) is 30.0 Å². The van der Waals surface area contributed by atoms with Crippen molar-refractivity contribution >= 4 is 17.3 Å². The van der Waals surface area contributed by atoms with Gasteiger partial charge in [0.25, 0.3) is 5.69 Å². The lowest BCUT2D eigenvalue weighted by Gasteiger charge is -2.29. The molecule has 1 heterocycles. The van der Waals surface area contributed by atoms with Gasteiger partial charge in [-0.1, -0.05) is 0 Å². The van der Waals surface area contributed by atoms with Crippen molar-refractivity contribution in [1.29, 1.82) is 0 Å². The lowest BCUT2D eigenvalue weighted by molar-refractivity contribution is -0.384. The van der Waals surface area contributed by atoms with Crippen molar-refractivity contribution in [3.8, 4) is 0 Å². The number of hydrogen-bond donors (Lipinski definition) is 3. The summed E-state index contributed by atoms with van der Waals surface area (Å²) in [6.07, 6.45) is 2.20. The van der Waals surface area contributed by atoms with Crippen LogP contribution in [0, 0.1) is 16.0 Å². The van der Waals surface area contributed by atoms with Crippen LogP contribution in [0.2, 0.25) is 0 Å². The molecule has 0 aliphatic carbocycles. The zero-order valence-electron chi connectivity index (χ0n) is 12.0. The second-order valence-corrected chi connectivity index (χ2v) is 5.39. The quantitative estimate of drug-likeness (QED) is 0.562. The van der Waals surface area contributed by atoms with E-state index in [1.54, 1.807) is 6.07 Å². The number of nitro groups is 1. The molecular formula is C14H20N4O3. The number of amides is 1. The van der Waals surface area contributed by atoms with E-state index < -0.39 is 10.8 Å². The molecule has 1 aromatic carbocycles. The molecule has 2 atom stereocenters. The van der Waals surface area contributed by atoms with E-state index in [-0.39, 0.29) is 17.3 Å². The highest BCUT2D eigenvalue weighted by atomic mass is 16.6. The monoisotopic (exact) mass is 292 g/mol. The number of nitro benzene ring substituents is 1. The fraction of sp³-hybridized carbons (Fsp3) is 0.500. The van der Waals surface area contributed by atoms with Crippen molar-refractivity contribution in [3.63, 3.8) is 0 Å². The molecule has 7 nitrogen and oxygen atoms in total. The molecule has 21 heavy (non-hydrogen) atoms. The van der Waals surface area contributed by atoms with E-state index in [9.17, 15) is 14.9 Å². The number of benzene rings is 1. The minimum absolute atomic E-state index is 0.107. The number of carbonyl (C=O) groups excluding carboxylic acids is 1. The van der Waals surface area contributed by atoms with Crippen LogP contribution in [0.1, 0.15) is 30.1 Å². The molecule has 1 aliphatic heterocycles. The Bertz CT molecular complexity index is 541. The Morgan fingerprint density at radius 2 is 2.33 bits per heavy atom. The molecule has 4 N–H and O–H groups in total. The SMILES string of the molecule is CC(Nc1ccc(C(N)=O)cc1[N+](=O)[O-])C1CCCNC1. The van der Waals surface area contributed by atoms with E-state index in [4.69, 9.17) is 5.73 Å². The third kappa shape index (κ3) is 3.69. The molecule has 0 aromatic heterocycles. The van der Waals surface area contributed by atoms with Gasteiger partial charge < -0.3 is 16.4 Å². The van der Waals surface area contributed by atoms with Gasteiger partial charge in [0.1, 0.15) is 5.69 Å². The molecule has 1 fully saturated rings. The first-order valence-corrected chi connectivity index (χ1v) is 7.04. The smallest absolute Gasteiger partial charge is 0.293 e. The molecule has 1 saturated heterocycles. The number of primary amides is 1. The zero-order valence-corrected chi connectivity index (χ0v) is 12.0. The van der Waals surface area contributed by atoms with Gasteiger partial charge >= 0.3 is 0 Å². The molecule has 2 unspecified atom stereocenters. The van der Waals surface area contributed by atoms with Gasteiger partial charge in [0, 0.05) is 17.7 Å². The van der Waals surface area contributed by atoms with Gasteiger partial charge in [0.15, 0.2) is 0 Å². The number of nitrogens with zero attached hydrogens (tertiary/aromatic N) is 1. The Kier molecular flexibility index (Phi) is 4.74. The summed E-state index contributed by atoms with van der Waals surface area (Å²) in [6, 6.07) is 4.38. The Morgan fingerprint density at radius 3 is 2.90 bits per heavy atom. The number of nitrogens with two attached hydrogens (primary N) is 1. The second kappa shape index (κ2) is 6.53. The molecule has 0 saturated carbocycles. The molecule has 1 aliphatic rings. The molecule has 2 rings (SSSR count). The van der Waals surface area contributed by atoms with Gasteiger partial charge in [-0.3, -0.25) is 14.9 Å². The van der Waals surface area contributed by atoms with Crippen LogP contribution in [0.15, 0.2) is 18.2 Å². The van der Waals surface area contributed by atoms with Gasteiger partial charge in [-0.15, -0.1) is 0 Å². The summed E-state index contributed by atoms with van der Waals surface area (Å²) >= 11 is 0. The standard InChI is InChI=1S/C14H20N4O3/c1-9(11-3-2-6-16-8-11)17-12-5-4-10(14(15)19)7-13(12)18(20)21/h4-5,7,9,11,16-17H,2-3,6,8H2,1H3,(H2,15,19). The van der Waals surface area contributed by atoms with E-state index in [1.165, 1.54) is 12.1 Å². The maximum atomic E-state index is 11.2. The van der Waals surface area contributed by atoms with Crippen LogP contribution in [0.5, 0.6) is 0 Å². The summed E-state index contributed by atoms with van der Waals surface area (Å²) in [5, 5.41) is 17.7. The van der Waals surface area contributed by atoms with Crippen molar-refractivity contribution in [2.75, 3.05) is 18.4 Å². The Labute approximate surface area is 123 Å². The number of hydrogen-bond acceptors (Lipinski definition) is 5. The van der Waals surface area contributed by atoms with Crippen molar-refractivity contribution < 1.29 is 9.72 Å². The van der Waals surface area contributed by atoms with Crippen LogP contribution < -0.4 is 16.4 Å². The van der Waals surface area contributed by atoms with Crippen molar-refractivity contribution in [2.45, 2.75) is 25.8 Å². The second-order valence-electron chi connectivity index (χ2n) is 5.39. The fourth-order valence-electron chi connectivity index (χ4n) is 2.63. The van der Waals surface area contributed by atoms with Crippen LogP contribution in [0.4, 0.5) is 11.4 Å². The third-order valence-corrected chi connectivity index (χ3v) is 3.90. The fourth-order valence-corrected chi connectivity index (χ4v) is 2.63. The number of carbonyl (C=O) groups is 1. The van der Waals surface area contributed by atoms with E-state index in [1.807, 2.05) is 6.92 Å². The Morgan fingerprint density at radius 1 is 1.57 bits per heavy atom. The molecule has 114 valence electrons. The van der Waals surface area contributed by atoms with Crippen molar-refractivity contribution in [3.05, 3.63) is 33.9 Å². The maximum absolute atomic E-state index is 11.2. The first-order chi connectivity index (χ1) is 9.99. The molecule has 0 spiro atoms. The summed E-state index contributed by atoms with van der Waals surface area (Å²) in [7, 11) is 0. The summed E-state index contributed by atoms with van der Waals surface area (Å²) in [5.41, 5.74) is 5.60. The summed E-state index contributed by atoms with van der Waals surface area (Å²) < 4.78 is 0. The van der Waals surface area contributed by atoms with E-state index in [2.05, 4.69) is 10.6 Å². The van der Waals surface area contributed by atoms with Gasteiger partial charge in [-0.2, -0.15) is 0 Å². The zero-order chi connectivity index (χ0) is 15.4. The lowest BCUT2D eigenvalue weighted by atomic mass is 9.92. The van der Waals surface area contributed by atoms with Crippen LogP contribution in [-0.2, 0) is 0 Å². The lowest BCUT2D eigenvalue weighted by Crippen LogP contribution is -2.38. The van der Waals surface area contributed by atoms with Gasteiger partial charge in [0.05, 0.1) is 4.92 Å². The number of rotatable bonds is 5.